The van der Waals surface area contributed by atoms with E-state index in [4.69, 9.17) is 16.7 Å². The van der Waals surface area contributed by atoms with E-state index in [1.165, 1.54) is 4.90 Å². The molecular weight excluding hydrogens is 334 g/mol. The second-order valence-corrected chi connectivity index (χ2v) is 6.42. The molecule has 1 aromatic carbocycles. The van der Waals surface area contributed by atoms with Crippen LogP contribution in [-0.4, -0.2) is 47.5 Å². The van der Waals surface area contributed by atoms with Crippen molar-refractivity contribution < 1.29 is 19.5 Å². The van der Waals surface area contributed by atoms with Gasteiger partial charge in [-0.05, 0) is 31.0 Å². The number of aliphatic carboxylic acids is 1. The first-order valence-corrected chi connectivity index (χ1v) is 8.22. The van der Waals surface area contributed by atoms with E-state index in [0.717, 1.165) is 6.42 Å². The average molecular weight is 352 g/mol. The van der Waals surface area contributed by atoms with Gasteiger partial charge in [0.15, 0.2) is 0 Å². The van der Waals surface area contributed by atoms with Crippen LogP contribution in [0.2, 0.25) is 5.02 Å². The van der Waals surface area contributed by atoms with Crippen LogP contribution in [0.15, 0.2) is 18.2 Å². The largest absolute Gasteiger partial charge is 0.481 e. The Morgan fingerprint density at radius 2 is 2.08 bits per heavy atom. The minimum absolute atomic E-state index is 0.0541. The Labute approximate surface area is 144 Å². The SMILES string of the molecule is O=C(O)C1CCN(C(=O)Nc2cc(N3CCCC3=O)ccc2Cl)C1. The monoisotopic (exact) mass is 351 g/mol. The van der Waals surface area contributed by atoms with Crippen molar-refractivity contribution in [3.8, 4) is 0 Å². The lowest BCUT2D eigenvalue weighted by Gasteiger charge is -2.20. The maximum Gasteiger partial charge on any atom is 0.321 e. The number of hydrogen-bond donors (Lipinski definition) is 2. The van der Waals surface area contributed by atoms with E-state index in [-0.39, 0.29) is 18.5 Å². The summed E-state index contributed by atoms with van der Waals surface area (Å²) in [5.74, 6) is -1.36. The number of likely N-dealkylation sites (tertiary alicyclic amines) is 1. The first-order valence-electron chi connectivity index (χ1n) is 7.84. The number of halogens is 1. The third-order valence-corrected chi connectivity index (χ3v) is 4.73. The summed E-state index contributed by atoms with van der Waals surface area (Å²) in [5.41, 5.74) is 1.11. The van der Waals surface area contributed by atoms with Crippen LogP contribution >= 0.6 is 11.6 Å². The van der Waals surface area contributed by atoms with Crippen molar-refractivity contribution in [1.82, 2.24) is 4.90 Å². The molecule has 2 N–H and O–H groups in total. The molecule has 2 aliphatic rings. The minimum atomic E-state index is -0.891. The quantitative estimate of drug-likeness (QED) is 0.875. The van der Waals surface area contributed by atoms with Crippen LogP contribution in [0.3, 0.4) is 0 Å². The standard InChI is InChI=1S/C16H18ClN3O4/c17-12-4-3-11(20-6-1-2-14(20)21)8-13(12)18-16(24)19-7-5-10(9-19)15(22)23/h3-4,8,10H,1-2,5-7,9H2,(H,18,24)(H,22,23). The molecule has 3 rings (SSSR count). The third-order valence-electron chi connectivity index (χ3n) is 4.40. The van der Waals surface area contributed by atoms with Gasteiger partial charge < -0.3 is 20.2 Å². The van der Waals surface area contributed by atoms with E-state index < -0.39 is 11.9 Å². The zero-order valence-electron chi connectivity index (χ0n) is 13.0. The van der Waals surface area contributed by atoms with Crippen molar-refractivity contribution in [1.29, 1.82) is 0 Å². The van der Waals surface area contributed by atoms with Gasteiger partial charge in [0.05, 0.1) is 16.6 Å². The number of nitrogens with one attached hydrogen (secondary N) is 1. The molecule has 1 aromatic rings. The van der Waals surface area contributed by atoms with Crippen LogP contribution < -0.4 is 10.2 Å². The number of urea groups is 1. The Balaban J connectivity index is 1.71. The minimum Gasteiger partial charge on any atom is -0.481 e. The van der Waals surface area contributed by atoms with Crippen molar-refractivity contribution in [2.45, 2.75) is 19.3 Å². The zero-order chi connectivity index (χ0) is 17.3. The molecule has 0 bridgehead atoms. The molecule has 128 valence electrons. The lowest BCUT2D eigenvalue weighted by Crippen LogP contribution is -2.34. The fraction of sp³-hybridized carbons (Fsp3) is 0.438. The van der Waals surface area contributed by atoms with E-state index in [9.17, 15) is 14.4 Å². The molecule has 7 nitrogen and oxygen atoms in total. The molecule has 24 heavy (non-hydrogen) atoms. The summed E-state index contributed by atoms with van der Waals surface area (Å²) in [5, 5.41) is 12.1. The summed E-state index contributed by atoms with van der Waals surface area (Å²) in [6.07, 6.45) is 1.78. The first kappa shape index (κ1) is 16.6. The Morgan fingerprint density at radius 3 is 2.71 bits per heavy atom. The second kappa shape index (κ2) is 6.68. The predicted molar refractivity (Wildman–Crippen MR) is 89.4 cm³/mol. The van der Waals surface area contributed by atoms with Gasteiger partial charge in [0.1, 0.15) is 0 Å². The van der Waals surface area contributed by atoms with E-state index in [2.05, 4.69) is 5.32 Å². The van der Waals surface area contributed by atoms with Crippen LogP contribution in [0.25, 0.3) is 0 Å². The average Bonchev–Trinajstić information content (AvgIpc) is 3.18. The highest BCUT2D eigenvalue weighted by Gasteiger charge is 2.31. The molecule has 2 heterocycles. The van der Waals surface area contributed by atoms with Gasteiger partial charge in [-0.3, -0.25) is 9.59 Å². The third kappa shape index (κ3) is 3.31. The molecule has 8 heteroatoms. The maximum absolute atomic E-state index is 12.3. The van der Waals surface area contributed by atoms with Crippen LogP contribution in [-0.2, 0) is 9.59 Å². The van der Waals surface area contributed by atoms with Crippen molar-refractivity contribution in [2.75, 3.05) is 29.9 Å². The van der Waals surface area contributed by atoms with Crippen molar-refractivity contribution in [3.63, 3.8) is 0 Å². The molecular formula is C16H18ClN3O4. The molecule has 2 saturated heterocycles. The lowest BCUT2D eigenvalue weighted by molar-refractivity contribution is -0.141. The number of carbonyl (C=O) groups is 3. The summed E-state index contributed by atoms with van der Waals surface area (Å²) in [6.45, 7) is 1.23. The molecule has 2 aliphatic heterocycles. The molecule has 0 saturated carbocycles. The maximum atomic E-state index is 12.3. The van der Waals surface area contributed by atoms with Crippen molar-refractivity contribution >= 4 is 40.9 Å². The fourth-order valence-electron chi connectivity index (χ4n) is 3.04. The van der Waals surface area contributed by atoms with Crippen molar-refractivity contribution in [3.05, 3.63) is 23.2 Å². The van der Waals surface area contributed by atoms with Gasteiger partial charge in [0, 0.05) is 31.7 Å². The molecule has 1 unspecified atom stereocenters. The summed E-state index contributed by atoms with van der Waals surface area (Å²) in [7, 11) is 0. The predicted octanol–water partition coefficient (Wildman–Crippen LogP) is 2.41. The number of carboxylic acid groups (broad SMARTS) is 1. The Hall–Kier alpha value is -2.28. The zero-order valence-corrected chi connectivity index (χ0v) is 13.8. The number of benzene rings is 1. The van der Waals surface area contributed by atoms with Gasteiger partial charge in [-0.25, -0.2) is 4.79 Å². The van der Waals surface area contributed by atoms with E-state index >= 15 is 0 Å². The van der Waals surface area contributed by atoms with Gasteiger partial charge in [-0.2, -0.15) is 0 Å². The summed E-state index contributed by atoms with van der Waals surface area (Å²) in [4.78, 5) is 38.3. The first-order chi connectivity index (χ1) is 11.5. The Morgan fingerprint density at radius 1 is 1.29 bits per heavy atom. The Bertz CT molecular complexity index is 694. The smallest absolute Gasteiger partial charge is 0.321 e. The molecule has 0 aromatic heterocycles. The number of anilines is 2. The number of carbonyl (C=O) groups excluding carboxylic acids is 2. The fourth-order valence-corrected chi connectivity index (χ4v) is 3.20. The number of nitrogens with zero attached hydrogens (tertiary/aromatic N) is 2. The van der Waals surface area contributed by atoms with Crippen LogP contribution in [0.5, 0.6) is 0 Å². The van der Waals surface area contributed by atoms with Gasteiger partial charge in [0.25, 0.3) is 0 Å². The number of amides is 3. The summed E-state index contributed by atoms with van der Waals surface area (Å²) in [6, 6.07) is 4.68. The highest BCUT2D eigenvalue weighted by Crippen LogP contribution is 2.30. The number of hydrogen-bond acceptors (Lipinski definition) is 3. The lowest BCUT2D eigenvalue weighted by atomic mass is 10.1. The normalized spacial score (nSPS) is 20.5. The summed E-state index contributed by atoms with van der Waals surface area (Å²) < 4.78 is 0. The summed E-state index contributed by atoms with van der Waals surface area (Å²) >= 11 is 6.14. The van der Waals surface area contributed by atoms with E-state index in [1.807, 2.05) is 0 Å². The Kier molecular flexibility index (Phi) is 4.62. The van der Waals surface area contributed by atoms with Gasteiger partial charge in [0.2, 0.25) is 5.91 Å². The van der Waals surface area contributed by atoms with Crippen LogP contribution in [0, 0.1) is 5.92 Å². The molecule has 1 atom stereocenters. The second-order valence-electron chi connectivity index (χ2n) is 6.01. The van der Waals surface area contributed by atoms with Gasteiger partial charge in [-0.15, -0.1) is 0 Å². The highest BCUT2D eigenvalue weighted by atomic mass is 35.5. The molecule has 2 fully saturated rings. The van der Waals surface area contributed by atoms with Gasteiger partial charge in [-0.1, -0.05) is 11.6 Å². The number of carboxylic acids is 1. The molecule has 0 spiro atoms. The van der Waals surface area contributed by atoms with Crippen LogP contribution in [0.1, 0.15) is 19.3 Å². The van der Waals surface area contributed by atoms with Crippen LogP contribution in [0.4, 0.5) is 16.2 Å². The highest BCUT2D eigenvalue weighted by molar-refractivity contribution is 6.33. The topological polar surface area (TPSA) is 89.9 Å². The van der Waals surface area contributed by atoms with E-state index in [0.29, 0.717) is 42.3 Å². The van der Waals surface area contributed by atoms with Gasteiger partial charge >= 0.3 is 12.0 Å². The van der Waals surface area contributed by atoms with E-state index in [1.54, 1.807) is 23.1 Å². The molecule has 0 aliphatic carbocycles. The van der Waals surface area contributed by atoms with Crippen molar-refractivity contribution in [2.24, 2.45) is 5.92 Å². The molecule has 3 amide bonds. The number of rotatable bonds is 3. The molecule has 0 radical (unpaired) electrons.